The Kier molecular flexibility index (Phi) is 5.16. The number of aryl methyl sites for hydroxylation is 1. The monoisotopic (exact) mass is 388 g/mol. The van der Waals surface area contributed by atoms with E-state index in [2.05, 4.69) is 15.7 Å². The van der Waals surface area contributed by atoms with Crippen LogP contribution in [-0.2, 0) is 16.0 Å². The van der Waals surface area contributed by atoms with Crippen LogP contribution < -0.4 is 10.6 Å². The molecule has 0 aliphatic heterocycles. The van der Waals surface area contributed by atoms with Gasteiger partial charge in [0.25, 0.3) is 0 Å². The van der Waals surface area contributed by atoms with Crippen LogP contribution in [0.5, 0.6) is 0 Å². The molecule has 1 aliphatic carbocycles. The van der Waals surface area contributed by atoms with Crippen molar-refractivity contribution in [3.63, 3.8) is 0 Å². The number of hydrogen-bond acceptors (Lipinski definition) is 3. The van der Waals surface area contributed by atoms with Crippen LogP contribution in [0.1, 0.15) is 29.8 Å². The van der Waals surface area contributed by atoms with Crippen molar-refractivity contribution in [2.24, 2.45) is 5.92 Å². The molecular weight excluding hydrogens is 364 g/mol. The largest absolute Gasteiger partial charge is 0.326 e. The predicted molar refractivity (Wildman–Crippen MR) is 113 cm³/mol. The molecule has 1 saturated carbocycles. The quantitative estimate of drug-likeness (QED) is 0.670. The number of amides is 2. The van der Waals surface area contributed by atoms with E-state index in [0.717, 1.165) is 35.5 Å². The third-order valence-electron chi connectivity index (χ3n) is 5.14. The van der Waals surface area contributed by atoms with Crippen molar-refractivity contribution in [2.45, 2.75) is 33.1 Å². The highest BCUT2D eigenvalue weighted by molar-refractivity contribution is 5.96. The molecule has 4 rings (SSSR count). The second-order valence-corrected chi connectivity index (χ2v) is 7.47. The fraction of sp³-hybridized carbons (Fsp3) is 0.261. The summed E-state index contributed by atoms with van der Waals surface area (Å²) in [6.45, 7) is 3.90. The highest BCUT2D eigenvalue weighted by Crippen LogP contribution is 2.30. The van der Waals surface area contributed by atoms with Crippen LogP contribution in [0.4, 0.5) is 11.4 Å². The summed E-state index contributed by atoms with van der Waals surface area (Å²) >= 11 is 0. The van der Waals surface area contributed by atoms with Crippen molar-refractivity contribution in [1.29, 1.82) is 0 Å². The van der Waals surface area contributed by atoms with Crippen molar-refractivity contribution in [2.75, 3.05) is 10.6 Å². The van der Waals surface area contributed by atoms with Gasteiger partial charge >= 0.3 is 0 Å². The van der Waals surface area contributed by atoms with Crippen molar-refractivity contribution < 1.29 is 9.59 Å². The fourth-order valence-corrected chi connectivity index (χ4v) is 3.38. The van der Waals surface area contributed by atoms with Gasteiger partial charge in [0.05, 0.1) is 17.8 Å². The van der Waals surface area contributed by atoms with E-state index >= 15 is 0 Å². The lowest BCUT2D eigenvalue weighted by Crippen LogP contribution is -2.16. The van der Waals surface area contributed by atoms with Gasteiger partial charge in [-0.15, -0.1) is 0 Å². The molecule has 148 valence electrons. The number of aromatic nitrogens is 2. The summed E-state index contributed by atoms with van der Waals surface area (Å²) in [5, 5.41) is 10.4. The molecule has 1 aromatic heterocycles. The minimum Gasteiger partial charge on any atom is -0.326 e. The van der Waals surface area contributed by atoms with Gasteiger partial charge in [-0.2, -0.15) is 5.10 Å². The molecule has 6 nitrogen and oxygen atoms in total. The molecule has 2 amide bonds. The van der Waals surface area contributed by atoms with Gasteiger partial charge in [-0.1, -0.05) is 24.3 Å². The van der Waals surface area contributed by atoms with E-state index in [1.807, 2.05) is 67.1 Å². The van der Waals surface area contributed by atoms with Crippen LogP contribution in [0.25, 0.3) is 5.69 Å². The number of benzene rings is 2. The number of hydrogen-bond donors (Lipinski definition) is 2. The lowest BCUT2D eigenvalue weighted by Gasteiger charge is -2.09. The van der Waals surface area contributed by atoms with Crippen LogP contribution in [-0.4, -0.2) is 21.6 Å². The molecule has 0 spiro atoms. The van der Waals surface area contributed by atoms with E-state index < -0.39 is 0 Å². The zero-order chi connectivity index (χ0) is 20.4. The lowest BCUT2D eigenvalue weighted by molar-refractivity contribution is -0.117. The van der Waals surface area contributed by atoms with Gasteiger partial charge in [0.2, 0.25) is 11.8 Å². The van der Waals surface area contributed by atoms with Crippen LogP contribution in [0.3, 0.4) is 0 Å². The average Bonchev–Trinajstić information content (AvgIpc) is 3.52. The van der Waals surface area contributed by atoms with E-state index in [-0.39, 0.29) is 24.2 Å². The topological polar surface area (TPSA) is 76.0 Å². The van der Waals surface area contributed by atoms with Gasteiger partial charge in [0.15, 0.2) is 0 Å². The Bertz CT molecular complexity index is 1050. The van der Waals surface area contributed by atoms with Gasteiger partial charge in [0.1, 0.15) is 0 Å². The standard InChI is InChI=1S/C23H24N4O2/c1-15-21(16(2)27(26-15)20-9-4-3-5-10-20)14-22(28)24-18-7-6-8-19(13-18)25-23(29)17-11-12-17/h3-10,13,17H,11-12,14H2,1-2H3,(H,24,28)(H,25,29). The first kappa shape index (κ1) is 18.9. The van der Waals surface area contributed by atoms with E-state index in [1.54, 1.807) is 6.07 Å². The molecule has 2 aromatic carbocycles. The van der Waals surface area contributed by atoms with Crippen molar-refractivity contribution in [1.82, 2.24) is 9.78 Å². The second kappa shape index (κ2) is 7.91. The summed E-state index contributed by atoms with van der Waals surface area (Å²) in [6.07, 6.45) is 2.15. The van der Waals surface area contributed by atoms with Gasteiger partial charge < -0.3 is 10.6 Å². The summed E-state index contributed by atoms with van der Waals surface area (Å²) in [5.41, 5.74) is 5.04. The summed E-state index contributed by atoms with van der Waals surface area (Å²) in [5.74, 6) is 0.0721. The molecule has 1 fully saturated rings. The van der Waals surface area contributed by atoms with Gasteiger partial charge in [0, 0.05) is 28.6 Å². The third-order valence-corrected chi connectivity index (χ3v) is 5.14. The molecule has 0 unspecified atom stereocenters. The zero-order valence-electron chi connectivity index (χ0n) is 16.6. The maximum absolute atomic E-state index is 12.6. The molecule has 29 heavy (non-hydrogen) atoms. The molecule has 6 heteroatoms. The van der Waals surface area contributed by atoms with Crippen LogP contribution >= 0.6 is 0 Å². The normalized spacial score (nSPS) is 13.2. The molecule has 0 radical (unpaired) electrons. The van der Waals surface area contributed by atoms with E-state index in [0.29, 0.717) is 11.4 Å². The van der Waals surface area contributed by atoms with Crippen LogP contribution in [0, 0.1) is 19.8 Å². The third kappa shape index (κ3) is 4.37. The van der Waals surface area contributed by atoms with E-state index in [1.165, 1.54) is 0 Å². The van der Waals surface area contributed by atoms with Gasteiger partial charge in [-0.25, -0.2) is 4.68 Å². The first-order valence-electron chi connectivity index (χ1n) is 9.82. The smallest absolute Gasteiger partial charge is 0.228 e. The molecule has 1 aliphatic rings. The maximum Gasteiger partial charge on any atom is 0.228 e. The summed E-state index contributed by atoms with van der Waals surface area (Å²) in [4.78, 5) is 24.6. The van der Waals surface area contributed by atoms with Crippen molar-refractivity contribution >= 4 is 23.2 Å². The van der Waals surface area contributed by atoms with Crippen LogP contribution in [0.2, 0.25) is 0 Å². The molecular formula is C23H24N4O2. The Balaban J connectivity index is 1.45. The first-order valence-corrected chi connectivity index (χ1v) is 9.82. The Hall–Kier alpha value is -3.41. The summed E-state index contributed by atoms with van der Waals surface area (Å²) in [6, 6.07) is 17.1. The lowest BCUT2D eigenvalue weighted by atomic mass is 10.1. The van der Waals surface area contributed by atoms with Crippen molar-refractivity contribution in [3.8, 4) is 5.69 Å². The highest BCUT2D eigenvalue weighted by Gasteiger charge is 2.29. The minimum atomic E-state index is -0.116. The Morgan fingerprint density at radius 1 is 1.00 bits per heavy atom. The highest BCUT2D eigenvalue weighted by atomic mass is 16.2. The molecule has 0 atom stereocenters. The fourth-order valence-electron chi connectivity index (χ4n) is 3.38. The van der Waals surface area contributed by atoms with E-state index in [4.69, 9.17) is 0 Å². The Labute approximate surface area is 169 Å². The second-order valence-electron chi connectivity index (χ2n) is 7.47. The van der Waals surface area contributed by atoms with E-state index in [9.17, 15) is 9.59 Å². The average molecular weight is 388 g/mol. The molecule has 0 bridgehead atoms. The predicted octanol–water partition coefficient (Wildman–Crippen LogP) is 4.02. The maximum atomic E-state index is 12.6. The zero-order valence-corrected chi connectivity index (χ0v) is 16.6. The number of nitrogens with one attached hydrogen (secondary N) is 2. The molecule has 0 saturated heterocycles. The first-order chi connectivity index (χ1) is 14.0. The number of rotatable bonds is 6. The Morgan fingerprint density at radius 3 is 2.38 bits per heavy atom. The van der Waals surface area contributed by atoms with Crippen molar-refractivity contribution in [3.05, 3.63) is 71.5 Å². The molecule has 1 heterocycles. The molecule has 3 aromatic rings. The number of carbonyl (C=O) groups excluding carboxylic acids is 2. The number of para-hydroxylation sites is 1. The minimum absolute atomic E-state index is 0.0491. The summed E-state index contributed by atoms with van der Waals surface area (Å²) in [7, 11) is 0. The Morgan fingerprint density at radius 2 is 1.69 bits per heavy atom. The van der Waals surface area contributed by atoms with Gasteiger partial charge in [-0.3, -0.25) is 9.59 Å². The molecule has 2 N–H and O–H groups in total. The summed E-state index contributed by atoms with van der Waals surface area (Å²) < 4.78 is 1.87. The number of nitrogens with zero attached hydrogens (tertiary/aromatic N) is 2. The number of carbonyl (C=O) groups is 2. The number of anilines is 2. The SMILES string of the molecule is Cc1nn(-c2ccccc2)c(C)c1CC(=O)Nc1cccc(NC(=O)C2CC2)c1. The van der Waals surface area contributed by atoms with Crippen LogP contribution in [0.15, 0.2) is 54.6 Å². The van der Waals surface area contributed by atoms with Gasteiger partial charge in [-0.05, 0) is 57.0 Å².